The summed E-state index contributed by atoms with van der Waals surface area (Å²) in [6.45, 7) is 0.753. The Labute approximate surface area is 97.3 Å². The van der Waals surface area contributed by atoms with Gasteiger partial charge in [0.25, 0.3) is 0 Å². The molecule has 0 bridgehead atoms. The molecule has 0 saturated carbocycles. The highest BCUT2D eigenvalue weighted by Crippen LogP contribution is 2.33. The van der Waals surface area contributed by atoms with Crippen LogP contribution >= 0.6 is 0 Å². The van der Waals surface area contributed by atoms with E-state index < -0.39 is 11.7 Å². The van der Waals surface area contributed by atoms with Crippen molar-refractivity contribution in [2.45, 2.75) is 25.1 Å². The highest BCUT2D eigenvalue weighted by molar-refractivity contribution is 5.38. The maximum Gasteiger partial charge on any atom is 0.416 e. The molecule has 94 valence electrons. The summed E-state index contributed by atoms with van der Waals surface area (Å²) in [5.74, 6) is 0.292. The first kappa shape index (κ1) is 12.2. The van der Waals surface area contributed by atoms with E-state index in [2.05, 4.69) is 0 Å². The second-order valence-corrected chi connectivity index (χ2v) is 4.02. The molecule has 1 aliphatic heterocycles. The number of epoxide rings is 1. The Balaban J connectivity index is 2.15. The van der Waals surface area contributed by atoms with Gasteiger partial charge in [0.15, 0.2) is 0 Å². The van der Waals surface area contributed by atoms with Gasteiger partial charge in [-0.05, 0) is 30.5 Å². The molecule has 5 heteroatoms. The van der Waals surface area contributed by atoms with Crippen molar-refractivity contribution in [1.82, 2.24) is 0 Å². The number of rotatable bonds is 4. The van der Waals surface area contributed by atoms with Crippen molar-refractivity contribution in [2.24, 2.45) is 0 Å². The summed E-state index contributed by atoms with van der Waals surface area (Å²) < 4.78 is 47.5. The van der Waals surface area contributed by atoms with E-state index >= 15 is 0 Å². The van der Waals surface area contributed by atoms with Gasteiger partial charge in [0, 0.05) is 0 Å². The third-order valence-corrected chi connectivity index (χ3v) is 2.75. The predicted octanol–water partition coefficient (Wildman–Crippen LogP) is 3.05. The number of halogens is 3. The van der Waals surface area contributed by atoms with Crippen LogP contribution in [0.25, 0.3) is 0 Å². The minimum Gasteiger partial charge on any atom is -0.496 e. The molecule has 1 unspecified atom stereocenters. The molecule has 1 heterocycles. The molecule has 1 aliphatic rings. The molecule has 17 heavy (non-hydrogen) atoms. The van der Waals surface area contributed by atoms with E-state index in [1.54, 1.807) is 0 Å². The van der Waals surface area contributed by atoms with Crippen molar-refractivity contribution >= 4 is 0 Å². The summed E-state index contributed by atoms with van der Waals surface area (Å²) >= 11 is 0. The molecule has 2 nitrogen and oxygen atoms in total. The van der Waals surface area contributed by atoms with Crippen LogP contribution in [0.15, 0.2) is 18.2 Å². The summed E-state index contributed by atoms with van der Waals surface area (Å²) in [4.78, 5) is 0. The molecule has 0 aliphatic carbocycles. The van der Waals surface area contributed by atoms with Crippen molar-refractivity contribution < 1.29 is 22.6 Å². The van der Waals surface area contributed by atoms with Crippen LogP contribution in [0, 0.1) is 0 Å². The van der Waals surface area contributed by atoms with Gasteiger partial charge in [0.1, 0.15) is 5.75 Å². The zero-order chi connectivity index (χ0) is 12.5. The first-order valence-electron chi connectivity index (χ1n) is 5.36. The Bertz CT molecular complexity index is 397. The fourth-order valence-corrected chi connectivity index (χ4v) is 1.68. The number of ether oxygens (including phenoxy) is 2. The number of hydrogen-bond acceptors (Lipinski definition) is 2. The summed E-state index contributed by atoms with van der Waals surface area (Å²) in [6, 6.07) is 3.61. The monoisotopic (exact) mass is 246 g/mol. The Hall–Kier alpha value is -1.23. The summed E-state index contributed by atoms with van der Waals surface area (Å²) in [7, 11) is 1.38. The SMILES string of the molecule is COc1cc(C(F)(F)F)ccc1CCC1CO1. The lowest BCUT2D eigenvalue weighted by Gasteiger charge is -2.12. The van der Waals surface area contributed by atoms with Gasteiger partial charge in [-0.15, -0.1) is 0 Å². The molecule has 0 spiro atoms. The third kappa shape index (κ3) is 3.12. The first-order chi connectivity index (χ1) is 8.00. The molecule has 1 saturated heterocycles. The fourth-order valence-electron chi connectivity index (χ4n) is 1.68. The van der Waals surface area contributed by atoms with Crippen LogP contribution in [0.5, 0.6) is 5.75 Å². The Morgan fingerprint density at radius 1 is 1.41 bits per heavy atom. The molecular weight excluding hydrogens is 233 g/mol. The van der Waals surface area contributed by atoms with Crippen LogP contribution in [0.4, 0.5) is 13.2 Å². The number of aryl methyl sites for hydroxylation is 1. The quantitative estimate of drug-likeness (QED) is 0.761. The predicted molar refractivity (Wildman–Crippen MR) is 56.1 cm³/mol. The topological polar surface area (TPSA) is 21.8 Å². The normalized spacial score (nSPS) is 19.2. The van der Waals surface area contributed by atoms with Crippen LogP contribution in [-0.4, -0.2) is 19.8 Å². The van der Waals surface area contributed by atoms with E-state index in [-0.39, 0.29) is 6.10 Å². The molecule has 0 aromatic heterocycles. The van der Waals surface area contributed by atoms with Gasteiger partial charge < -0.3 is 9.47 Å². The van der Waals surface area contributed by atoms with Crippen molar-refractivity contribution in [3.8, 4) is 5.75 Å². The Morgan fingerprint density at radius 2 is 2.12 bits per heavy atom. The van der Waals surface area contributed by atoms with Crippen LogP contribution in [0.3, 0.4) is 0 Å². The number of alkyl halides is 3. The number of hydrogen-bond donors (Lipinski definition) is 0. The second kappa shape index (κ2) is 4.56. The zero-order valence-corrected chi connectivity index (χ0v) is 9.38. The van der Waals surface area contributed by atoms with Gasteiger partial charge in [-0.2, -0.15) is 13.2 Å². The lowest BCUT2D eigenvalue weighted by atomic mass is 10.0. The lowest BCUT2D eigenvalue weighted by molar-refractivity contribution is -0.137. The smallest absolute Gasteiger partial charge is 0.416 e. The van der Waals surface area contributed by atoms with Gasteiger partial charge in [-0.1, -0.05) is 6.07 Å². The number of methoxy groups -OCH3 is 1. The minimum atomic E-state index is -4.33. The van der Waals surface area contributed by atoms with Gasteiger partial charge in [0.05, 0.1) is 25.4 Å². The average molecular weight is 246 g/mol. The van der Waals surface area contributed by atoms with Crippen LogP contribution < -0.4 is 4.74 Å². The molecule has 0 radical (unpaired) electrons. The second-order valence-electron chi connectivity index (χ2n) is 4.02. The third-order valence-electron chi connectivity index (χ3n) is 2.75. The average Bonchev–Trinajstić information content (AvgIpc) is 3.08. The Morgan fingerprint density at radius 3 is 2.65 bits per heavy atom. The van der Waals surface area contributed by atoms with E-state index in [1.165, 1.54) is 13.2 Å². The van der Waals surface area contributed by atoms with E-state index in [9.17, 15) is 13.2 Å². The Kier molecular flexibility index (Phi) is 3.28. The van der Waals surface area contributed by atoms with Crippen molar-refractivity contribution in [3.05, 3.63) is 29.3 Å². The maximum absolute atomic E-state index is 12.5. The van der Waals surface area contributed by atoms with Crippen LogP contribution in [-0.2, 0) is 17.3 Å². The highest BCUT2D eigenvalue weighted by Gasteiger charge is 2.31. The van der Waals surface area contributed by atoms with E-state index in [1.807, 2.05) is 0 Å². The largest absolute Gasteiger partial charge is 0.496 e. The van der Waals surface area contributed by atoms with E-state index in [0.717, 1.165) is 30.7 Å². The van der Waals surface area contributed by atoms with Gasteiger partial charge in [-0.3, -0.25) is 0 Å². The zero-order valence-electron chi connectivity index (χ0n) is 9.38. The fraction of sp³-hybridized carbons (Fsp3) is 0.500. The van der Waals surface area contributed by atoms with E-state index in [0.29, 0.717) is 12.2 Å². The number of benzene rings is 1. The maximum atomic E-state index is 12.5. The van der Waals surface area contributed by atoms with Gasteiger partial charge in [-0.25, -0.2) is 0 Å². The van der Waals surface area contributed by atoms with Crippen molar-refractivity contribution in [1.29, 1.82) is 0 Å². The molecule has 1 aromatic rings. The first-order valence-corrected chi connectivity index (χ1v) is 5.36. The van der Waals surface area contributed by atoms with E-state index in [4.69, 9.17) is 9.47 Å². The van der Waals surface area contributed by atoms with Crippen LogP contribution in [0.1, 0.15) is 17.5 Å². The van der Waals surface area contributed by atoms with Gasteiger partial charge in [0.2, 0.25) is 0 Å². The molecule has 1 fully saturated rings. The lowest BCUT2D eigenvalue weighted by Crippen LogP contribution is -2.06. The molecule has 1 aromatic carbocycles. The standard InChI is InChI=1S/C12H13F3O2/c1-16-11-6-9(12(13,14)15)4-2-8(11)3-5-10-7-17-10/h2,4,6,10H,3,5,7H2,1H3. The van der Waals surface area contributed by atoms with Crippen molar-refractivity contribution in [3.63, 3.8) is 0 Å². The van der Waals surface area contributed by atoms with Gasteiger partial charge >= 0.3 is 6.18 Å². The molecule has 2 rings (SSSR count). The highest BCUT2D eigenvalue weighted by atomic mass is 19.4. The molecular formula is C12H13F3O2. The van der Waals surface area contributed by atoms with Crippen molar-refractivity contribution in [2.75, 3.05) is 13.7 Å². The molecule has 0 amide bonds. The molecule has 1 atom stereocenters. The summed E-state index contributed by atoms with van der Waals surface area (Å²) in [6.07, 6.45) is -2.57. The summed E-state index contributed by atoms with van der Waals surface area (Å²) in [5, 5.41) is 0. The minimum absolute atomic E-state index is 0.266. The molecule has 0 N–H and O–H groups in total. The van der Waals surface area contributed by atoms with Crippen LogP contribution in [0.2, 0.25) is 0 Å². The summed E-state index contributed by atoms with van der Waals surface area (Å²) in [5.41, 5.74) is 0.108.